The quantitative estimate of drug-likeness (QED) is 0.889. The molecule has 1 aliphatic rings. The molecule has 3 nitrogen and oxygen atoms in total. The Kier molecular flexibility index (Phi) is 4.61. The van der Waals surface area contributed by atoms with Crippen LogP contribution in [0.15, 0.2) is 24.3 Å². The highest BCUT2D eigenvalue weighted by molar-refractivity contribution is 5.28. The summed E-state index contributed by atoms with van der Waals surface area (Å²) in [5, 5.41) is 0. The first-order valence-electron chi connectivity index (χ1n) is 6.83. The van der Waals surface area contributed by atoms with E-state index in [-0.39, 0.29) is 0 Å². The van der Waals surface area contributed by atoms with Gasteiger partial charge in [0.05, 0.1) is 7.11 Å². The number of piperidine rings is 1. The van der Waals surface area contributed by atoms with Crippen molar-refractivity contribution < 1.29 is 4.74 Å². The largest absolute Gasteiger partial charge is 0.497 e. The van der Waals surface area contributed by atoms with Crippen LogP contribution in [0.5, 0.6) is 5.75 Å². The van der Waals surface area contributed by atoms with Gasteiger partial charge in [-0.25, -0.2) is 0 Å². The molecule has 0 spiro atoms. The summed E-state index contributed by atoms with van der Waals surface area (Å²) < 4.78 is 5.28. The highest BCUT2D eigenvalue weighted by Crippen LogP contribution is 2.25. The molecule has 0 amide bonds. The van der Waals surface area contributed by atoms with E-state index in [0.717, 1.165) is 18.8 Å². The molecule has 1 aromatic rings. The van der Waals surface area contributed by atoms with E-state index in [1.54, 1.807) is 7.11 Å². The Balaban J connectivity index is 2.09. The summed E-state index contributed by atoms with van der Waals surface area (Å²) in [5.74, 6) is 0.932. The fourth-order valence-electron chi connectivity index (χ4n) is 2.86. The van der Waals surface area contributed by atoms with Crippen LogP contribution in [0, 0.1) is 0 Å². The highest BCUT2D eigenvalue weighted by atomic mass is 16.5. The van der Waals surface area contributed by atoms with Crippen LogP contribution in [-0.4, -0.2) is 30.6 Å². The lowest BCUT2D eigenvalue weighted by atomic mass is 9.95. The standard InChI is InChI=1S/C15H24N2O/c1-12-5-3-7-14(10-16)17(12)11-13-6-4-8-15(9-13)18-2/h4,6,8-9,12,14H,3,5,7,10-11,16H2,1-2H3. The summed E-state index contributed by atoms with van der Waals surface area (Å²) in [4.78, 5) is 2.54. The number of ether oxygens (including phenoxy) is 1. The Morgan fingerprint density at radius 1 is 1.39 bits per heavy atom. The van der Waals surface area contributed by atoms with Gasteiger partial charge >= 0.3 is 0 Å². The zero-order valence-electron chi connectivity index (χ0n) is 11.4. The van der Waals surface area contributed by atoms with Crippen molar-refractivity contribution in [2.24, 2.45) is 5.73 Å². The minimum absolute atomic E-state index is 0.528. The van der Waals surface area contributed by atoms with Crippen LogP contribution in [0.1, 0.15) is 31.7 Å². The van der Waals surface area contributed by atoms with Crippen LogP contribution in [0.25, 0.3) is 0 Å². The molecule has 1 fully saturated rings. The fraction of sp³-hybridized carbons (Fsp3) is 0.600. The minimum atomic E-state index is 0.528. The Hall–Kier alpha value is -1.06. The summed E-state index contributed by atoms with van der Waals surface area (Å²) in [6, 6.07) is 9.48. The molecular formula is C15H24N2O. The fourth-order valence-corrected chi connectivity index (χ4v) is 2.86. The first-order valence-corrected chi connectivity index (χ1v) is 6.83. The van der Waals surface area contributed by atoms with Crippen molar-refractivity contribution in [1.82, 2.24) is 4.90 Å². The predicted octanol–water partition coefficient (Wildman–Crippen LogP) is 2.40. The molecule has 2 atom stereocenters. The third kappa shape index (κ3) is 3.03. The van der Waals surface area contributed by atoms with Gasteiger partial charge in [0.1, 0.15) is 5.75 Å². The average Bonchev–Trinajstić information content (AvgIpc) is 2.41. The second-order valence-electron chi connectivity index (χ2n) is 5.19. The molecule has 1 aromatic carbocycles. The van der Waals surface area contributed by atoms with Crippen LogP contribution in [0.4, 0.5) is 0 Å². The number of nitrogens with zero attached hydrogens (tertiary/aromatic N) is 1. The van der Waals surface area contributed by atoms with Crippen LogP contribution in [0.3, 0.4) is 0 Å². The molecule has 0 bridgehead atoms. The number of rotatable bonds is 4. The Labute approximate surface area is 110 Å². The average molecular weight is 248 g/mol. The zero-order valence-corrected chi connectivity index (χ0v) is 11.4. The van der Waals surface area contributed by atoms with E-state index in [1.165, 1.54) is 24.8 Å². The second-order valence-corrected chi connectivity index (χ2v) is 5.19. The lowest BCUT2D eigenvalue weighted by Gasteiger charge is -2.40. The van der Waals surface area contributed by atoms with Crippen molar-refractivity contribution in [3.8, 4) is 5.75 Å². The smallest absolute Gasteiger partial charge is 0.119 e. The van der Waals surface area contributed by atoms with E-state index in [2.05, 4.69) is 30.0 Å². The molecule has 1 heterocycles. The molecule has 18 heavy (non-hydrogen) atoms. The minimum Gasteiger partial charge on any atom is -0.497 e. The third-order valence-corrected chi connectivity index (χ3v) is 3.97. The summed E-state index contributed by atoms with van der Waals surface area (Å²) in [5.41, 5.74) is 7.21. The van der Waals surface area contributed by atoms with Gasteiger partial charge in [0, 0.05) is 25.2 Å². The molecule has 0 aliphatic carbocycles. The summed E-state index contributed by atoms with van der Waals surface area (Å²) in [6.07, 6.45) is 3.81. The van der Waals surface area contributed by atoms with E-state index >= 15 is 0 Å². The summed E-state index contributed by atoms with van der Waals surface area (Å²) >= 11 is 0. The molecule has 0 radical (unpaired) electrons. The van der Waals surface area contributed by atoms with Crippen molar-refractivity contribution in [3.05, 3.63) is 29.8 Å². The van der Waals surface area contributed by atoms with Crippen molar-refractivity contribution in [2.45, 2.75) is 44.8 Å². The first kappa shape index (κ1) is 13.4. The van der Waals surface area contributed by atoms with Gasteiger partial charge in [-0.3, -0.25) is 4.90 Å². The maximum absolute atomic E-state index is 5.90. The number of benzene rings is 1. The maximum Gasteiger partial charge on any atom is 0.119 e. The maximum atomic E-state index is 5.90. The van der Waals surface area contributed by atoms with E-state index in [1.807, 2.05) is 6.07 Å². The molecule has 1 aliphatic heterocycles. The number of hydrogen-bond acceptors (Lipinski definition) is 3. The topological polar surface area (TPSA) is 38.5 Å². The molecule has 0 saturated carbocycles. The van der Waals surface area contributed by atoms with Crippen LogP contribution < -0.4 is 10.5 Å². The van der Waals surface area contributed by atoms with E-state index in [9.17, 15) is 0 Å². The lowest BCUT2D eigenvalue weighted by Crippen LogP contribution is -2.48. The van der Waals surface area contributed by atoms with Crippen molar-refractivity contribution >= 4 is 0 Å². The second kappa shape index (κ2) is 6.21. The van der Waals surface area contributed by atoms with Crippen LogP contribution in [-0.2, 0) is 6.54 Å². The van der Waals surface area contributed by atoms with Crippen LogP contribution in [0.2, 0.25) is 0 Å². The SMILES string of the molecule is COc1cccc(CN2C(C)CCCC2CN)c1. The molecule has 100 valence electrons. The Morgan fingerprint density at radius 3 is 2.94 bits per heavy atom. The van der Waals surface area contributed by atoms with Gasteiger partial charge in [0.15, 0.2) is 0 Å². The summed E-state index contributed by atoms with van der Waals surface area (Å²) in [6.45, 7) is 4.04. The van der Waals surface area contributed by atoms with E-state index in [0.29, 0.717) is 12.1 Å². The van der Waals surface area contributed by atoms with E-state index < -0.39 is 0 Å². The zero-order chi connectivity index (χ0) is 13.0. The number of methoxy groups -OCH3 is 1. The monoisotopic (exact) mass is 248 g/mol. The van der Waals surface area contributed by atoms with E-state index in [4.69, 9.17) is 10.5 Å². The van der Waals surface area contributed by atoms with Gasteiger partial charge in [-0.2, -0.15) is 0 Å². The van der Waals surface area contributed by atoms with Crippen LogP contribution >= 0.6 is 0 Å². The third-order valence-electron chi connectivity index (χ3n) is 3.97. The highest BCUT2D eigenvalue weighted by Gasteiger charge is 2.26. The van der Waals surface area contributed by atoms with Gasteiger partial charge in [0.2, 0.25) is 0 Å². The molecule has 2 rings (SSSR count). The van der Waals surface area contributed by atoms with Crippen molar-refractivity contribution in [2.75, 3.05) is 13.7 Å². The molecular weight excluding hydrogens is 224 g/mol. The Bertz CT molecular complexity index is 381. The number of hydrogen-bond donors (Lipinski definition) is 1. The molecule has 3 heteroatoms. The molecule has 0 aromatic heterocycles. The van der Waals surface area contributed by atoms with Gasteiger partial charge in [0.25, 0.3) is 0 Å². The number of nitrogens with two attached hydrogens (primary N) is 1. The molecule has 2 unspecified atom stereocenters. The van der Waals surface area contributed by atoms with Crippen molar-refractivity contribution in [3.63, 3.8) is 0 Å². The molecule has 1 saturated heterocycles. The van der Waals surface area contributed by atoms with Gasteiger partial charge in [-0.05, 0) is 37.5 Å². The Morgan fingerprint density at radius 2 is 2.22 bits per heavy atom. The van der Waals surface area contributed by atoms with Gasteiger partial charge in [-0.1, -0.05) is 18.6 Å². The number of likely N-dealkylation sites (tertiary alicyclic amines) is 1. The van der Waals surface area contributed by atoms with Gasteiger partial charge < -0.3 is 10.5 Å². The first-order chi connectivity index (χ1) is 8.74. The molecule has 2 N–H and O–H groups in total. The lowest BCUT2D eigenvalue weighted by molar-refractivity contribution is 0.0891. The predicted molar refractivity (Wildman–Crippen MR) is 74.7 cm³/mol. The normalized spacial score (nSPS) is 25.1. The van der Waals surface area contributed by atoms with Crippen molar-refractivity contribution in [1.29, 1.82) is 0 Å². The summed E-state index contributed by atoms with van der Waals surface area (Å²) in [7, 11) is 1.71. The van der Waals surface area contributed by atoms with Gasteiger partial charge in [-0.15, -0.1) is 0 Å².